The Labute approximate surface area is 84.8 Å². The third-order valence-electron chi connectivity index (χ3n) is 1.88. The average molecular weight is 210 g/mol. The molecular weight excluding hydrogens is 200 g/mol. The molecule has 74 valence electrons. The van der Waals surface area contributed by atoms with Gasteiger partial charge in [-0.25, -0.2) is 0 Å². The Balaban J connectivity index is 2.26. The quantitative estimate of drug-likeness (QED) is 0.775. The van der Waals surface area contributed by atoms with E-state index in [2.05, 4.69) is 30.9 Å². The Morgan fingerprint density at radius 1 is 1.50 bits per heavy atom. The van der Waals surface area contributed by atoms with Crippen LogP contribution >= 0.6 is 11.3 Å². The fraction of sp³-hybridized carbons (Fsp3) is 0.429. The Morgan fingerprint density at radius 2 is 2.36 bits per heavy atom. The molecule has 6 nitrogen and oxygen atoms in total. The summed E-state index contributed by atoms with van der Waals surface area (Å²) in [6.45, 7) is 2.03. The van der Waals surface area contributed by atoms with Crippen molar-refractivity contribution in [1.82, 2.24) is 30.9 Å². The van der Waals surface area contributed by atoms with Crippen LogP contribution in [0.4, 0.5) is 0 Å². The summed E-state index contributed by atoms with van der Waals surface area (Å²) < 4.78 is 0. The lowest BCUT2D eigenvalue weighted by Crippen LogP contribution is -2.11. The van der Waals surface area contributed by atoms with Crippen LogP contribution < -0.4 is 5.32 Å². The van der Waals surface area contributed by atoms with Crippen molar-refractivity contribution in [2.75, 3.05) is 7.05 Å². The summed E-state index contributed by atoms with van der Waals surface area (Å²) in [4.78, 5) is 0. The van der Waals surface area contributed by atoms with E-state index in [1.807, 2.05) is 14.0 Å². The summed E-state index contributed by atoms with van der Waals surface area (Å²) in [5.41, 5.74) is 0.733. The van der Waals surface area contributed by atoms with E-state index in [4.69, 9.17) is 0 Å². The van der Waals surface area contributed by atoms with Crippen LogP contribution in [0.2, 0.25) is 0 Å². The van der Waals surface area contributed by atoms with Crippen LogP contribution in [0.15, 0.2) is 6.20 Å². The SMILES string of the molecule is CNC(C)c1nnc(-c2cn[nH]n2)s1. The summed E-state index contributed by atoms with van der Waals surface area (Å²) in [5, 5.41) is 23.1. The fourth-order valence-corrected chi connectivity index (χ4v) is 1.80. The molecule has 0 spiro atoms. The van der Waals surface area contributed by atoms with Gasteiger partial charge in [0, 0.05) is 0 Å². The molecule has 0 radical (unpaired) electrons. The summed E-state index contributed by atoms with van der Waals surface area (Å²) in [6.07, 6.45) is 1.63. The highest BCUT2D eigenvalue weighted by Gasteiger charge is 2.12. The van der Waals surface area contributed by atoms with Gasteiger partial charge in [-0.2, -0.15) is 15.4 Å². The first-order valence-corrected chi connectivity index (χ1v) is 4.99. The number of hydrogen-bond acceptors (Lipinski definition) is 6. The molecular formula is C7H10N6S. The van der Waals surface area contributed by atoms with Gasteiger partial charge in [0.25, 0.3) is 0 Å². The van der Waals surface area contributed by atoms with Crippen molar-refractivity contribution in [2.24, 2.45) is 0 Å². The van der Waals surface area contributed by atoms with Gasteiger partial charge in [0.2, 0.25) is 0 Å². The largest absolute Gasteiger partial charge is 0.311 e. The zero-order valence-corrected chi connectivity index (χ0v) is 8.67. The lowest BCUT2D eigenvalue weighted by molar-refractivity contribution is 0.640. The molecule has 1 unspecified atom stereocenters. The number of aromatic amines is 1. The number of nitrogens with zero attached hydrogens (tertiary/aromatic N) is 4. The summed E-state index contributed by atoms with van der Waals surface area (Å²) in [5.74, 6) is 0. The van der Waals surface area contributed by atoms with Gasteiger partial charge in [-0.1, -0.05) is 11.3 Å². The lowest BCUT2D eigenvalue weighted by atomic mass is 10.4. The molecule has 0 fully saturated rings. The van der Waals surface area contributed by atoms with E-state index >= 15 is 0 Å². The standard InChI is InChI=1S/C7H10N6S/c1-4(8-2)6-11-12-7(14-6)5-3-9-13-10-5/h3-4,8H,1-2H3,(H,9,10,13). The molecule has 2 aromatic rings. The first kappa shape index (κ1) is 9.22. The van der Waals surface area contributed by atoms with E-state index in [9.17, 15) is 0 Å². The monoisotopic (exact) mass is 210 g/mol. The predicted molar refractivity (Wildman–Crippen MR) is 52.8 cm³/mol. The third kappa shape index (κ3) is 1.64. The molecule has 0 aliphatic rings. The highest BCUT2D eigenvalue weighted by atomic mass is 32.1. The minimum Gasteiger partial charge on any atom is -0.311 e. The number of aromatic nitrogens is 5. The predicted octanol–water partition coefficient (Wildman–Crippen LogP) is 0.604. The van der Waals surface area contributed by atoms with Crippen molar-refractivity contribution >= 4 is 11.3 Å². The molecule has 7 heteroatoms. The number of H-pyrrole nitrogens is 1. The molecule has 0 bridgehead atoms. The van der Waals surface area contributed by atoms with Gasteiger partial charge < -0.3 is 5.32 Å². The second kappa shape index (κ2) is 3.81. The first-order valence-electron chi connectivity index (χ1n) is 4.18. The maximum Gasteiger partial charge on any atom is 0.169 e. The van der Waals surface area contributed by atoms with Crippen LogP contribution in [0.1, 0.15) is 18.0 Å². The molecule has 0 amide bonds. The maximum atomic E-state index is 4.07. The normalized spacial score (nSPS) is 13.0. The van der Waals surface area contributed by atoms with Crippen LogP contribution in [0.5, 0.6) is 0 Å². The minimum atomic E-state index is 0.216. The fourth-order valence-electron chi connectivity index (χ4n) is 0.941. The van der Waals surface area contributed by atoms with Gasteiger partial charge in [-0.3, -0.25) is 0 Å². The number of hydrogen-bond donors (Lipinski definition) is 2. The van der Waals surface area contributed by atoms with Crippen molar-refractivity contribution < 1.29 is 0 Å². The molecule has 2 aromatic heterocycles. The average Bonchev–Trinajstić information content (AvgIpc) is 2.86. The minimum absolute atomic E-state index is 0.216. The Morgan fingerprint density at radius 3 is 3.00 bits per heavy atom. The molecule has 0 aliphatic heterocycles. The van der Waals surface area contributed by atoms with E-state index in [1.54, 1.807) is 6.20 Å². The molecule has 2 heterocycles. The van der Waals surface area contributed by atoms with Gasteiger partial charge in [0.05, 0.1) is 12.2 Å². The van der Waals surface area contributed by atoms with E-state index < -0.39 is 0 Å². The summed E-state index contributed by atoms with van der Waals surface area (Å²) >= 11 is 1.52. The summed E-state index contributed by atoms with van der Waals surface area (Å²) in [6, 6.07) is 0.216. The van der Waals surface area contributed by atoms with E-state index in [0.717, 1.165) is 15.7 Å². The molecule has 2 N–H and O–H groups in total. The molecule has 2 rings (SSSR count). The van der Waals surface area contributed by atoms with Crippen LogP contribution in [0, 0.1) is 0 Å². The van der Waals surface area contributed by atoms with Gasteiger partial charge in [0.1, 0.15) is 10.7 Å². The third-order valence-corrected chi connectivity index (χ3v) is 3.01. The smallest absolute Gasteiger partial charge is 0.169 e. The van der Waals surface area contributed by atoms with Crippen molar-refractivity contribution in [1.29, 1.82) is 0 Å². The van der Waals surface area contributed by atoms with Gasteiger partial charge in [0.15, 0.2) is 5.01 Å². The molecule has 0 saturated carbocycles. The van der Waals surface area contributed by atoms with E-state index in [1.165, 1.54) is 11.3 Å². The van der Waals surface area contributed by atoms with E-state index in [0.29, 0.717) is 0 Å². The van der Waals surface area contributed by atoms with Gasteiger partial charge >= 0.3 is 0 Å². The van der Waals surface area contributed by atoms with Crippen molar-refractivity contribution in [3.63, 3.8) is 0 Å². The van der Waals surface area contributed by atoms with Crippen LogP contribution in [-0.2, 0) is 0 Å². The maximum absolute atomic E-state index is 4.07. The zero-order valence-electron chi connectivity index (χ0n) is 7.85. The zero-order chi connectivity index (χ0) is 9.97. The lowest BCUT2D eigenvalue weighted by Gasteiger charge is -2.02. The number of nitrogens with one attached hydrogen (secondary N) is 2. The number of rotatable bonds is 3. The highest BCUT2D eigenvalue weighted by Crippen LogP contribution is 2.23. The van der Waals surface area contributed by atoms with Crippen molar-refractivity contribution in [3.8, 4) is 10.7 Å². The van der Waals surface area contributed by atoms with Crippen LogP contribution in [-0.4, -0.2) is 32.7 Å². The van der Waals surface area contributed by atoms with Crippen molar-refractivity contribution in [3.05, 3.63) is 11.2 Å². The topological polar surface area (TPSA) is 79.4 Å². The molecule has 0 saturated heterocycles. The van der Waals surface area contributed by atoms with E-state index in [-0.39, 0.29) is 6.04 Å². The first-order chi connectivity index (χ1) is 6.81. The van der Waals surface area contributed by atoms with Crippen LogP contribution in [0.25, 0.3) is 10.7 Å². The second-order valence-electron chi connectivity index (χ2n) is 2.81. The van der Waals surface area contributed by atoms with Gasteiger partial charge in [-0.15, -0.1) is 10.2 Å². The molecule has 14 heavy (non-hydrogen) atoms. The van der Waals surface area contributed by atoms with Gasteiger partial charge in [-0.05, 0) is 14.0 Å². The Kier molecular flexibility index (Phi) is 2.51. The Hall–Kier alpha value is -1.34. The second-order valence-corrected chi connectivity index (χ2v) is 3.82. The molecule has 0 aliphatic carbocycles. The molecule has 0 aromatic carbocycles. The molecule has 1 atom stereocenters. The Bertz CT molecular complexity index is 394. The van der Waals surface area contributed by atoms with Crippen molar-refractivity contribution in [2.45, 2.75) is 13.0 Å². The van der Waals surface area contributed by atoms with Crippen LogP contribution in [0.3, 0.4) is 0 Å². The summed E-state index contributed by atoms with van der Waals surface area (Å²) in [7, 11) is 1.89. The highest BCUT2D eigenvalue weighted by molar-refractivity contribution is 7.14.